The Hall–Kier alpha value is -2.87. The van der Waals surface area contributed by atoms with Crippen LogP contribution in [0.1, 0.15) is 12.0 Å². The Labute approximate surface area is 166 Å². The largest absolute Gasteiger partial charge is 0.495 e. The van der Waals surface area contributed by atoms with Crippen molar-refractivity contribution in [2.24, 2.45) is 9.98 Å². The van der Waals surface area contributed by atoms with Crippen molar-refractivity contribution < 1.29 is 17.9 Å². The molecular weight excluding hydrogens is 393 g/mol. The summed E-state index contributed by atoms with van der Waals surface area (Å²) in [5, 5.41) is 3.41. The molecule has 9 heteroatoms. The van der Waals surface area contributed by atoms with E-state index in [1.54, 1.807) is 42.7 Å². The molecule has 0 aliphatic heterocycles. The number of pyridine rings is 1. The standard InChI is InChI=1S/C18H17ClF2N4O.CH3F/c1-22-18(12-4-3-9-23-11-12)25-17(8-7-16(20)21)24-14-10-13(19)5-6-15(14)26-2;1-2/h3-6,8-11,16,24H,1,7H2,2H3;1H3/b17-8-,25-18-;. The number of hydrogen-bond donors (Lipinski definition) is 1. The molecular formula is C19H20ClF3N4O. The second-order valence-electron chi connectivity index (χ2n) is 5.02. The lowest BCUT2D eigenvalue weighted by Crippen LogP contribution is -2.05. The van der Waals surface area contributed by atoms with E-state index in [1.165, 1.54) is 13.2 Å². The summed E-state index contributed by atoms with van der Waals surface area (Å²) in [7, 11) is 1.99. The maximum atomic E-state index is 12.7. The fraction of sp³-hybridized carbons (Fsp3) is 0.211. The molecule has 0 saturated carbocycles. The Bertz CT molecular complexity index is 814. The molecule has 1 aromatic heterocycles. The lowest BCUT2D eigenvalue weighted by molar-refractivity contribution is 0.152. The van der Waals surface area contributed by atoms with Gasteiger partial charge < -0.3 is 10.1 Å². The number of nitrogens with zero attached hydrogens (tertiary/aromatic N) is 3. The number of aliphatic imine (C=N–C) groups is 2. The number of rotatable bonds is 7. The van der Waals surface area contributed by atoms with Gasteiger partial charge in [0.1, 0.15) is 11.6 Å². The molecule has 2 rings (SSSR count). The highest BCUT2D eigenvalue weighted by Crippen LogP contribution is 2.29. The number of benzene rings is 1. The number of ether oxygens (including phenoxy) is 1. The third-order valence-electron chi connectivity index (χ3n) is 3.21. The van der Waals surface area contributed by atoms with E-state index in [4.69, 9.17) is 16.3 Å². The molecule has 1 N–H and O–H groups in total. The third kappa shape index (κ3) is 7.40. The maximum Gasteiger partial charge on any atom is 0.242 e. The topological polar surface area (TPSA) is 58.9 Å². The Morgan fingerprint density at radius 2 is 2.11 bits per heavy atom. The molecule has 0 amide bonds. The lowest BCUT2D eigenvalue weighted by Gasteiger charge is -2.13. The van der Waals surface area contributed by atoms with Crippen molar-refractivity contribution in [3.05, 3.63) is 65.2 Å². The van der Waals surface area contributed by atoms with Gasteiger partial charge in [-0.05, 0) is 43.1 Å². The molecule has 1 heterocycles. The molecule has 0 spiro atoms. The number of anilines is 1. The van der Waals surface area contributed by atoms with E-state index in [0.29, 0.717) is 29.2 Å². The molecule has 0 atom stereocenters. The first-order valence-corrected chi connectivity index (χ1v) is 8.33. The fourth-order valence-corrected chi connectivity index (χ4v) is 2.21. The summed E-state index contributed by atoms with van der Waals surface area (Å²) in [6.07, 6.45) is 1.44. The van der Waals surface area contributed by atoms with Gasteiger partial charge >= 0.3 is 0 Å². The van der Waals surface area contributed by atoms with Crippen LogP contribution in [0.25, 0.3) is 0 Å². The maximum absolute atomic E-state index is 12.7. The van der Waals surface area contributed by atoms with Crippen molar-refractivity contribution in [2.75, 3.05) is 19.6 Å². The minimum atomic E-state index is -2.51. The summed E-state index contributed by atoms with van der Waals surface area (Å²) in [6, 6.07) is 8.38. The van der Waals surface area contributed by atoms with Crippen LogP contribution in [-0.4, -0.2) is 38.2 Å². The van der Waals surface area contributed by atoms with E-state index in [1.807, 2.05) is 0 Å². The normalized spacial score (nSPS) is 11.5. The number of aromatic nitrogens is 1. The minimum absolute atomic E-state index is 0.164. The zero-order valence-electron chi connectivity index (χ0n) is 15.4. The van der Waals surface area contributed by atoms with Crippen LogP contribution in [-0.2, 0) is 0 Å². The molecule has 0 radical (unpaired) electrons. The van der Waals surface area contributed by atoms with E-state index < -0.39 is 12.8 Å². The van der Waals surface area contributed by atoms with E-state index in [-0.39, 0.29) is 11.7 Å². The predicted molar refractivity (Wildman–Crippen MR) is 108 cm³/mol. The number of amidine groups is 1. The van der Waals surface area contributed by atoms with Gasteiger partial charge in [0.2, 0.25) is 6.43 Å². The number of hydrogen-bond acceptors (Lipinski definition) is 4. The summed E-state index contributed by atoms with van der Waals surface area (Å²) in [5.41, 5.74) is 1.09. The van der Waals surface area contributed by atoms with Gasteiger partial charge in [-0.3, -0.25) is 9.37 Å². The van der Waals surface area contributed by atoms with Crippen LogP contribution >= 0.6 is 11.6 Å². The Morgan fingerprint density at radius 1 is 1.36 bits per heavy atom. The molecule has 150 valence electrons. The van der Waals surface area contributed by atoms with Gasteiger partial charge in [0, 0.05) is 29.4 Å². The molecule has 0 bridgehead atoms. The first-order chi connectivity index (χ1) is 13.5. The zero-order chi connectivity index (χ0) is 20.9. The van der Waals surface area contributed by atoms with E-state index >= 15 is 0 Å². The van der Waals surface area contributed by atoms with Crippen LogP contribution in [0.2, 0.25) is 5.02 Å². The Kier molecular flexibility index (Phi) is 10.3. The van der Waals surface area contributed by atoms with Crippen molar-refractivity contribution in [1.29, 1.82) is 0 Å². The molecule has 0 unspecified atom stereocenters. The van der Waals surface area contributed by atoms with E-state index in [0.717, 1.165) is 0 Å². The average Bonchev–Trinajstić information content (AvgIpc) is 2.72. The van der Waals surface area contributed by atoms with Gasteiger partial charge in [-0.2, -0.15) is 0 Å². The minimum Gasteiger partial charge on any atom is -0.495 e. The van der Waals surface area contributed by atoms with Crippen LogP contribution in [0.5, 0.6) is 5.75 Å². The van der Waals surface area contributed by atoms with Crippen LogP contribution in [0.4, 0.5) is 18.9 Å². The monoisotopic (exact) mass is 412 g/mol. The number of halogens is 4. The van der Waals surface area contributed by atoms with Gasteiger partial charge in [0.15, 0.2) is 5.84 Å². The molecule has 1 aromatic carbocycles. The quantitative estimate of drug-likeness (QED) is 0.490. The number of allylic oxidation sites excluding steroid dienone is 1. The first-order valence-electron chi connectivity index (χ1n) is 7.96. The van der Waals surface area contributed by atoms with Gasteiger partial charge in [-0.25, -0.2) is 18.8 Å². The molecule has 0 aliphatic rings. The lowest BCUT2D eigenvalue weighted by atomic mass is 10.2. The molecule has 2 aromatic rings. The molecule has 0 fully saturated rings. The van der Waals surface area contributed by atoms with Crippen LogP contribution in [0, 0.1) is 0 Å². The van der Waals surface area contributed by atoms with Crippen LogP contribution in [0.3, 0.4) is 0 Å². The highest BCUT2D eigenvalue weighted by atomic mass is 35.5. The summed E-state index contributed by atoms with van der Waals surface area (Å²) < 4.78 is 40.1. The van der Waals surface area contributed by atoms with Crippen molar-refractivity contribution in [3.63, 3.8) is 0 Å². The van der Waals surface area contributed by atoms with Gasteiger partial charge in [0.05, 0.1) is 20.0 Å². The average molecular weight is 413 g/mol. The Morgan fingerprint density at radius 3 is 2.68 bits per heavy atom. The van der Waals surface area contributed by atoms with Crippen molar-refractivity contribution in [1.82, 2.24) is 4.98 Å². The van der Waals surface area contributed by atoms with Crippen LogP contribution < -0.4 is 10.1 Å². The number of nitrogens with one attached hydrogen (secondary N) is 1. The fourth-order valence-electron chi connectivity index (χ4n) is 2.04. The summed E-state index contributed by atoms with van der Waals surface area (Å²) in [5.74, 6) is 0.895. The third-order valence-corrected chi connectivity index (χ3v) is 3.44. The second kappa shape index (κ2) is 12.5. The van der Waals surface area contributed by atoms with E-state index in [9.17, 15) is 13.2 Å². The Balaban J connectivity index is 0.00000190. The van der Waals surface area contributed by atoms with Crippen molar-refractivity contribution in [3.8, 4) is 5.75 Å². The number of methoxy groups -OCH3 is 1. The highest BCUT2D eigenvalue weighted by Gasteiger charge is 2.09. The van der Waals surface area contributed by atoms with Crippen LogP contribution in [0.15, 0.2) is 64.6 Å². The van der Waals surface area contributed by atoms with Gasteiger partial charge in [0.25, 0.3) is 0 Å². The SMILES string of the molecule is C=N/C(=N\C(=C/CC(F)F)Nc1cc(Cl)ccc1OC)c1cccnc1.CF. The van der Waals surface area contributed by atoms with E-state index in [2.05, 4.69) is 27.0 Å². The number of alkyl halides is 3. The van der Waals surface area contributed by atoms with Gasteiger partial charge in [-0.1, -0.05) is 11.6 Å². The van der Waals surface area contributed by atoms with Crippen molar-refractivity contribution in [2.45, 2.75) is 12.8 Å². The second-order valence-corrected chi connectivity index (χ2v) is 5.46. The highest BCUT2D eigenvalue weighted by molar-refractivity contribution is 6.30. The summed E-state index contributed by atoms with van der Waals surface area (Å²) in [6.45, 7) is 3.48. The first kappa shape index (κ1) is 23.2. The zero-order valence-corrected chi connectivity index (χ0v) is 16.1. The summed E-state index contributed by atoms with van der Waals surface area (Å²) in [4.78, 5) is 12.2. The summed E-state index contributed by atoms with van der Waals surface area (Å²) >= 11 is 6.01. The van der Waals surface area contributed by atoms with Crippen molar-refractivity contribution >= 4 is 29.8 Å². The molecule has 28 heavy (non-hydrogen) atoms. The predicted octanol–water partition coefficient (Wildman–Crippen LogP) is 5.39. The molecule has 0 saturated heterocycles. The molecule has 5 nitrogen and oxygen atoms in total. The smallest absolute Gasteiger partial charge is 0.242 e. The molecule has 0 aliphatic carbocycles. The van der Waals surface area contributed by atoms with Gasteiger partial charge in [-0.15, -0.1) is 0 Å².